The summed E-state index contributed by atoms with van der Waals surface area (Å²) in [5.74, 6) is -0.554. The van der Waals surface area contributed by atoms with E-state index < -0.39 is 18.2 Å². The molecule has 4 nitrogen and oxygen atoms in total. The first-order chi connectivity index (χ1) is 7.92. The molecule has 0 aliphatic rings. The van der Waals surface area contributed by atoms with Gasteiger partial charge in [0.2, 0.25) is 0 Å². The predicted octanol–water partition coefficient (Wildman–Crippen LogP) is 1.28. The van der Waals surface area contributed by atoms with Gasteiger partial charge < -0.3 is 20.3 Å². The van der Waals surface area contributed by atoms with E-state index in [1.165, 1.54) is 18.2 Å². The summed E-state index contributed by atoms with van der Waals surface area (Å²) in [6.45, 7) is -0.239. The quantitative estimate of drug-likeness (QED) is 0.827. The second-order valence-corrected chi connectivity index (χ2v) is 3.20. The Labute approximate surface area is 95.7 Å². The SMILES string of the molecule is NC[C@@H](O)COc1ccccc1OC(F)(F)F. The van der Waals surface area contributed by atoms with Gasteiger partial charge in [0.15, 0.2) is 11.5 Å². The van der Waals surface area contributed by atoms with Gasteiger partial charge in [0, 0.05) is 6.54 Å². The zero-order valence-electron chi connectivity index (χ0n) is 8.78. The number of aliphatic hydroxyl groups excluding tert-OH is 1. The molecule has 0 aliphatic carbocycles. The van der Waals surface area contributed by atoms with Crippen LogP contribution in [-0.4, -0.2) is 30.7 Å². The van der Waals surface area contributed by atoms with Gasteiger partial charge in [0.05, 0.1) is 0 Å². The monoisotopic (exact) mass is 251 g/mol. The second-order valence-electron chi connectivity index (χ2n) is 3.20. The highest BCUT2D eigenvalue weighted by Gasteiger charge is 2.32. The molecule has 1 aromatic rings. The highest BCUT2D eigenvalue weighted by atomic mass is 19.4. The number of benzene rings is 1. The third kappa shape index (κ3) is 4.92. The maximum absolute atomic E-state index is 12.0. The van der Waals surface area contributed by atoms with E-state index in [0.29, 0.717) is 0 Å². The Morgan fingerprint density at radius 1 is 1.24 bits per heavy atom. The molecule has 0 heterocycles. The van der Waals surface area contributed by atoms with Crippen LogP contribution in [0.15, 0.2) is 24.3 Å². The van der Waals surface area contributed by atoms with Gasteiger partial charge in [0.1, 0.15) is 12.7 Å². The summed E-state index contributed by atoms with van der Waals surface area (Å²) in [6, 6.07) is 5.31. The first kappa shape index (κ1) is 13.6. The molecule has 1 rings (SSSR count). The number of rotatable bonds is 5. The lowest BCUT2D eigenvalue weighted by atomic mass is 10.3. The molecule has 0 aromatic heterocycles. The van der Waals surface area contributed by atoms with Crippen LogP contribution in [0.25, 0.3) is 0 Å². The maximum atomic E-state index is 12.0. The molecule has 1 aromatic carbocycles. The number of alkyl halides is 3. The van der Waals surface area contributed by atoms with E-state index in [-0.39, 0.29) is 18.9 Å². The molecule has 17 heavy (non-hydrogen) atoms. The summed E-state index contributed by atoms with van der Waals surface area (Å²) in [5, 5.41) is 9.13. The number of hydrogen-bond acceptors (Lipinski definition) is 4. The number of aliphatic hydroxyl groups is 1. The molecule has 0 saturated heterocycles. The fourth-order valence-electron chi connectivity index (χ4n) is 1.03. The van der Waals surface area contributed by atoms with Crippen molar-refractivity contribution >= 4 is 0 Å². The average molecular weight is 251 g/mol. The van der Waals surface area contributed by atoms with Crippen molar-refractivity contribution in [2.45, 2.75) is 12.5 Å². The maximum Gasteiger partial charge on any atom is 0.573 e. The molecular weight excluding hydrogens is 239 g/mol. The highest BCUT2D eigenvalue weighted by Crippen LogP contribution is 2.31. The molecule has 0 amide bonds. The Morgan fingerprint density at radius 2 is 1.82 bits per heavy atom. The van der Waals surface area contributed by atoms with Crippen LogP contribution in [0, 0.1) is 0 Å². The Morgan fingerprint density at radius 3 is 2.35 bits per heavy atom. The van der Waals surface area contributed by atoms with Crippen LogP contribution in [0.4, 0.5) is 13.2 Å². The molecule has 0 unspecified atom stereocenters. The molecule has 0 fully saturated rings. The molecule has 0 radical (unpaired) electrons. The fourth-order valence-corrected chi connectivity index (χ4v) is 1.03. The van der Waals surface area contributed by atoms with Gasteiger partial charge in [-0.2, -0.15) is 0 Å². The van der Waals surface area contributed by atoms with Crippen molar-refractivity contribution in [1.29, 1.82) is 0 Å². The van der Waals surface area contributed by atoms with Crippen LogP contribution in [0.5, 0.6) is 11.5 Å². The summed E-state index contributed by atoms with van der Waals surface area (Å²) in [5.41, 5.74) is 5.13. The highest BCUT2D eigenvalue weighted by molar-refractivity contribution is 5.39. The zero-order valence-corrected chi connectivity index (χ0v) is 8.78. The van der Waals surface area contributed by atoms with Crippen molar-refractivity contribution < 1.29 is 27.8 Å². The lowest BCUT2D eigenvalue weighted by molar-refractivity contribution is -0.275. The molecule has 0 saturated carbocycles. The van der Waals surface area contributed by atoms with E-state index in [4.69, 9.17) is 15.6 Å². The van der Waals surface area contributed by atoms with E-state index in [9.17, 15) is 13.2 Å². The summed E-state index contributed by atoms with van der Waals surface area (Å²) in [6.07, 6.45) is -5.72. The first-order valence-corrected chi connectivity index (χ1v) is 4.78. The van der Waals surface area contributed by atoms with Crippen molar-refractivity contribution in [1.82, 2.24) is 0 Å². The lowest BCUT2D eigenvalue weighted by Gasteiger charge is -2.15. The van der Waals surface area contributed by atoms with Gasteiger partial charge in [-0.3, -0.25) is 0 Å². The van der Waals surface area contributed by atoms with Crippen LogP contribution in [0.1, 0.15) is 0 Å². The van der Waals surface area contributed by atoms with Crippen molar-refractivity contribution in [3.05, 3.63) is 24.3 Å². The Hall–Kier alpha value is -1.47. The van der Waals surface area contributed by atoms with E-state index in [0.717, 1.165) is 6.07 Å². The molecule has 0 bridgehead atoms. The van der Waals surface area contributed by atoms with E-state index in [2.05, 4.69) is 4.74 Å². The topological polar surface area (TPSA) is 64.7 Å². The molecule has 3 N–H and O–H groups in total. The molecule has 0 aliphatic heterocycles. The number of halogens is 3. The van der Waals surface area contributed by atoms with Crippen LogP contribution < -0.4 is 15.2 Å². The van der Waals surface area contributed by atoms with Crippen LogP contribution in [0.3, 0.4) is 0 Å². The van der Waals surface area contributed by atoms with Crippen LogP contribution in [0.2, 0.25) is 0 Å². The molecular formula is C10H12F3NO3. The minimum Gasteiger partial charge on any atom is -0.487 e. The Balaban J connectivity index is 2.71. The van der Waals surface area contributed by atoms with Gasteiger partial charge in [-0.25, -0.2) is 0 Å². The summed E-state index contributed by atoms with van der Waals surface area (Å²) >= 11 is 0. The summed E-state index contributed by atoms with van der Waals surface area (Å²) < 4.78 is 44.9. The summed E-state index contributed by atoms with van der Waals surface area (Å²) in [7, 11) is 0. The number of hydrogen-bond donors (Lipinski definition) is 2. The van der Waals surface area contributed by atoms with Crippen molar-refractivity contribution in [3.63, 3.8) is 0 Å². The van der Waals surface area contributed by atoms with Crippen molar-refractivity contribution in [2.75, 3.05) is 13.2 Å². The van der Waals surface area contributed by atoms with Gasteiger partial charge >= 0.3 is 6.36 Å². The third-order valence-corrected chi connectivity index (χ3v) is 1.78. The number of para-hydroxylation sites is 2. The molecule has 96 valence electrons. The van der Waals surface area contributed by atoms with Crippen LogP contribution >= 0.6 is 0 Å². The lowest BCUT2D eigenvalue weighted by Crippen LogP contribution is -2.27. The van der Waals surface area contributed by atoms with Gasteiger partial charge in [-0.15, -0.1) is 13.2 Å². The number of ether oxygens (including phenoxy) is 2. The minimum absolute atomic E-state index is 0.0394. The molecule has 0 spiro atoms. The van der Waals surface area contributed by atoms with E-state index >= 15 is 0 Å². The Bertz CT molecular complexity index is 357. The van der Waals surface area contributed by atoms with Crippen LogP contribution in [-0.2, 0) is 0 Å². The van der Waals surface area contributed by atoms with Gasteiger partial charge in [-0.05, 0) is 12.1 Å². The second kappa shape index (κ2) is 5.74. The van der Waals surface area contributed by atoms with Gasteiger partial charge in [-0.1, -0.05) is 12.1 Å². The van der Waals surface area contributed by atoms with E-state index in [1.807, 2.05) is 0 Å². The van der Waals surface area contributed by atoms with E-state index in [1.54, 1.807) is 0 Å². The zero-order chi connectivity index (χ0) is 12.9. The predicted molar refractivity (Wildman–Crippen MR) is 53.7 cm³/mol. The smallest absolute Gasteiger partial charge is 0.487 e. The van der Waals surface area contributed by atoms with Gasteiger partial charge in [0.25, 0.3) is 0 Å². The Kier molecular flexibility index (Phi) is 4.59. The molecule has 1 atom stereocenters. The van der Waals surface area contributed by atoms with Crippen molar-refractivity contribution in [2.24, 2.45) is 5.73 Å². The van der Waals surface area contributed by atoms with Crippen molar-refractivity contribution in [3.8, 4) is 11.5 Å². The minimum atomic E-state index is -4.79. The first-order valence-electron chi connectivity index (χ1n) is 4.78. The fraction of sp³-hybridized carbons (Fsp3) is 0.400. The largest absolute Gasteiger partial charge is 0.573 e. The molecule has 7 heteroatoms. The standard InChI is InChI=1S/C10H12F3NO3/c11-10(12,13)17-9-4-2-1-3-8(9)16-6-7(15)5-14/h1-4,7,15H,5-6,14H2/t7-/m1/s1. The third-order valence-electron chi connectivity index (χ3n) is 1.78. The summed E-state index contributed by atoms with van der Waals surface area (Å²) in [4.78, 5) is 0. The normalized spacial score (nSPS) is 13.2. The average Bonchev–Trinajstić information content (AvgIpc) is 2.25. The number of nitrogens with two attached hydrogens (primary N) is 1.